The summed E-state index contributed by atoms with van der Waals surface area (Å²) in [6.07, 6.45) is -1.38. The summed E-state index contributed by atoms with van der Waals surface area (Å²) in [7, 11) is 0. The van der Waals surface area contributed by atoms with Crippen LogP contribution in [0.4, 0.5) is 13.2 Å². The zero-order chi connectivity index (χ0) is 14.8. The Morgan fingerprint density at radius 1 is 1.25 bits per heavy atom. The molecular weight excluding hydrogens is 353 g/mol. The van der Waals surface area contributed by atoms with Gasteiger partial charge in [-0.2, -0.15) is 13.2 Å². The van der Waals surface area contributed by atoms with E-state index in [1.807, 2.05) is 24.3 Å². The van der Waals surface area contributed by atoms with Crippen LogP contribution in [0.1, 0.15) is 31.2 Å². The standard InChI is InChI=1S/C15H17BrClF3/c16-13(9-11-4-1-2-7-14(11)17)10-5-3-6-12(8-10)15(18,19)20/h1-2,4,7,10,12-13H,3,5-6,8-9H2. The van der Waals surface area contributed by atoms with Crippen molar-refractivity contribution in [3.05, 3.63) is 34.9 Å². The Morgan fingerprint density at radius 3 is 2.60 bits per heavy atom. The third-order valence-electron chi connectivity index (χ3n) is 4.06. The van der Waals surface area contributed by atoms with Crippen molar-refractivity contribution in [2.24, 2.45) is 11.8 Å². The predicted molar refractivity (Wildman–Crippen MR) is 79.4 cm³/mol. The monoisotopic (exact) mass is 368 g/mol. The highest BCUT2D eigenvalue weighted by molar-refractivity contribution is 9.09. The second kappa shape index (κ2) is 6.69. The molecular formula is C15H17BrClF3. The highest BCUT2D eigenvalue weighted by atomic mass is 79.9. The van der Waals surface area contributed by atoms with Gasteiger partial charge in [0.1, 0.15) is 0 Å². The van der Waals surface area contributed by atoms with Crippen LogP contribution in [0.25, 0.3) is 0 Å². The molecule has 0 heterocycles. The van der Waals surface area contributed by atoms with Gasteiger partial charge in [-0.15, -0.1) is 0 Å². The molecule has 5 heteroatoms. The van der Waals surface area contributed by atoms with Crippen LogP contribution in [-0.2, 0) is 6.42 Å². The Labute approximate surface area is 130 Å². The number of hydrogen-bond donors (Lipinski definition) is 0. The topological polar surface area (TPSA) is 0 Å². The maximum atomic E-state index is 12.8. The molecule has 1 aliphatic carbocycles. The van der Waals surface area contributed by atoms with Gasteiger partial charge in [-0.05, 0) is 43.2 Å². The van der Waals surface area contributed by atoms with Crippen LogP contribution < -0.4 is 0 Å². The van der Waals surface area contributed by atoms with Crippen LogP contribution in [0.15, 0.2) is 24.3 Å². The van der Waals surface area contributed by atoms with Gasteiger partial charge in [0, 0.05) is 9.85 Å². The van der Waals surface area contributed by atoms with Crippen molar-refractivity contribution in [2.45, 2.75) is 43.1 Å². The summed E-state index contributed by atoms with van der Waals surface area (Å²) in [5, 5.41) is 0.681. The SMILES string of the molecule is FC(F)(F)C1CCCC(C(Br)Cc2ccccc2Cl)C1. The van der Waals surface area contributed by atoms with Crippen molar-refractivity contribution in [2.75, 3.05) is 0 Å². The first-order valence-corrected chi connectivity index (χ1v) is 8.11. The van der Waals surface area contributed by atoms with E-state index >= 15 is 0 Å². The maximum absolute atomic E-state index is 12.8. The van der Waals surface area contributed by atoms with E-state index in [4.69, 9.17) is 11.6 Å². The van der Waals surface area contributed by atoms with Crippen molar-refractivity contribution < 1.29 is 13.2 Å². The summed E-state index contributed by atoms with van der Waals surface area (Å²) in [6.45, 7) is 0. The van der Waals surface area contributed by atoms with E-state index in [2.05, 4.69) is 15.9 Å². The molecule has 1 fully saturated rings. The lowest BCUT2D eigenvalue weighted by molar-refractivity contribution is -0.185. The first-order valence-electron chi connectivity index (χ1n) is 6.82. The molecule has 0 spiro atoms. The number of alkyl halides is 4. The molecule has 0 aliphatic heterocycles. The lowest BCUT2D eigenvalue weighted by Crippen LogP contribution is -2.32. The van der Waals surface area contributed by atoms with E-state index in [1.165, 1.54) is 0 Å². The van der Waals surface area contributed by atoms with Gasteiger partial charge >= 0.3 is 6.18 Å². The van der Waals surface area contributed by atoms with Crippen molar-refractivity contribution in [3.63, 3.8) is 0 Å². The van der Waals surface area contributed by atoms with Crippen molar-refractivity contribution >= 4 is 27.5 Å². The van der Waals surface area contributed by atoms with Gasteiger partial charge in [-0.3, -0.25) is 0 Å². The third kappa shape index (κ3) is 4.14. The Morgan fingerprint density at radius 2 is 1.95 bits per heavy atom. The maximum Gasteiger partial charge on any atom is 0.391 e. The smallest absolute Gasteiger partial charge is 0.171 e. The van der Waals surface area contributed by atoms with Crippen LogP contribution in [0.3, 0.4) is 0 Å². The highest BCUT2D eigenvalue weighted by Crippen LogP contribution is 2.42. The van der Waals surface area contributed by atoms with Gasteiger partial charge in [0.15, 0.2) is 0 Å². The fourth-order valence-electron chi connectivity index (χ4n) is 2.89. The van der Waals surface area contributed by atoms with Crippen LogP contribution in [0, 0.1) is 11.8 Å². The normalized spacial score (nSPS) is 25.4. The van der Waals surface area contributed by atoms with Gasteiger partial charge in [-0.1, -0.05) is 52.2 Å². The largest absolute Gasteiger partial charge is 0.391 e. The first kappa shape index (κ1) is 16.2. The number of hydrogen-bond acceptors (Lipinski definition) is 0. The number of benzene rings is 1. The Bertz CT molecular complexity index is 447. The molecule has 0 bridgehead atoms. The minimum absolute atomic E-state index is 0.0487. The van der Waals surface area contributed by atoms with Gasteiger partial charge in [0.25, 0.3) is 0 Å². The van der Waals surface area contributed by atoms with Crippen LogP contribution in [0.5, 0.6) is 0 Å². The molecule has 0 saturated heterocycles. The molecule has 3 atom stereocenters. The molecule has 0 nitrogen and oxygen atoms in total. The molecule has 1 saturated carbocycles. The summed E-state index contributed by atoms with van der Waals surface area (Å²) >= 11 is 9.69. The zero-order valence-electron chi connectivity index (χ0n) is 11.0. The molecule has 1 aliphatic rings. The molecule has 1 aromatic rings. The molecule has 1 aromatic carbocycles. The minimum atomic E-state index is -4.06. The fraction of sp³-hybridized carbons (Fsp3) is 0.600. The second-order valence-corrected chi connectivity index (χ2v) is 7.06. The average Bonchev–Trinajstić information content (AvgIpc) is 2.40. The third-order valence-corrected chi connectivity index (χ3v) is 5.50. The zero-order valence-corrected chi connectivity index (χ0v) is 13.3. The van der Waals surface area contributed by atoms with Crippen LogP contribution >= 0.6 is 27.5 Å². The summed E-state index contributed by atoms with van der Waals surface area (Å²) in [4.78, 5) is 0.0487. The van der Waals surface area contributed by atoms with Crippen molar-refractivity contribution in [3.8, 4) is 0 Å². The molecule has 2 rings (SSSR count). The van der Waals surface area contributed by atoms with E-state index in [0.29, 0.717) is 17.9 Å². The summed E-state index contributed by atoms with van der Waals surface area (Å²) in [6, 6.07) is 7.51. The van der Waals surface area contributed by atoms with Crippen LogP contribution in [0.2, 0.25) is 5.02 Å². The lowest BCUT2D eigenvalue weighted by atomic mass is 9.78. The molecule has 3 unspecified atom stereocenters. The second-order valence-electron chi connectivity index (χ2n) is 5.48. The summed E-state index contributed by atoms with van der Waals surface area (Å²) in [5.41, 5.74) is 0.991. The molecule has 0 radical (unpaired) electrons. The van der Waals surface area contributed by atoms with Gasteiger partial charge < -0.3 is 0 Å². The number of rotatable bonds is 3. The van der Waals surface area contributed by atoms with E-state index in [-0.39, 0.29) is 23.6 Å². The van der Waals surface area contributed by atoms with E-state index in [0.717, 1.165) is 12.0 Å². The Kier molecular flexibility index (Phi) is 5.41. The fourth-order valence-corrected chi connectivity index (χ4v) is 3.94. The highest BCUT2D eigenvalue weighted by Gasteiger charge is 2.43. The quantitative estimate of drug-likeness (QED) is 0.572. The average molecular weight is 370 g/mol. The van der Waals surface area contributed by atoms with Gasteiger partial charge in [0.2, 0.25) is 0 Å². The van der Waals surface area contributed by atoms with E-state index in [1.54, 1.807) is 0 Å². The number of halogens is 5. The van der Waals surface area contributed by atoms with Crippen molar-refractivity contribution in [1.29, 1.82) is 0 Å². The molecule has 0 amide bonds. The minimum Gasteiger partial charge on any atom is -0.171 e. The predicted octanol–water partition coefficient (Wildman–Crippen LogP) is 6.01. The molecule has 112 valence electrons. The first-order chi connectivity index (χ1) is 9.38. The van der Waals surface area contributed by atoms with Gasteiger partial charge in [-0.25, -0.2) is 0 Å². The summed E-state index contributed by atoms with van der Waals surface area (Å²) < 4.78 is 38.5. The summed E-state index contributed by atoms with van der Waals surface area (Å²) in [5.74, 6) is -1.08. The molecule has 0 aromatic heterocycles. The lowest BCUT2D eigenvalue weighted by Gasteiger charge is -2.33. The molecule has 20 heavy (non-hydrogen) atoms. The van der Waals surface area contributed by atoms with Crippen LogP contribution in [-0.4, -0.2) is 11.0 Å². The van der Waals surface area contributed by atoms with E-state index in [9.17, 15) is 13.2 Å². The van der Waals surface area contributed by atoms with Gasteiger partial charge in [0.05, 0.1) is 5.92 Å². The Hall–Kier alpha value is -0.220. The van der Waals surface area contributed by atoms with E-state index < -0.39 is 12.1 Å². The van der Waals surface area contributed by atoms with Crippen molar-refractivity contribution in [1.82, 2.24) is 0 Å². The Balaban J connectivity index is 1.99. The molecule has 0 N–H and O–H groups in total.